The Balaban J connectivity index is 1.73. The number of sulfonamides is 1. The molecule has 1 aliphatic heterocycles. The van der Waals surface area contributed by atoms with E-state index in [0.717, 1.165) is 23.1 Å². The monoisotopic (exact) mass is 403 g/mol. The summed E-state index contributed by atoms with van der Waals surface area (Å²) in [5, 5.41) is 0. The molecule has 3 N–H and O–H groups in total. The van der Waals surface area contributed by atoms with Crippen molar-refractivity contribution in [1.29, 1.82) is 0 Å². The van der Waals surface area contributed by atoms with Gasteiger partial charge in [-0.2, -0.15) is 0 Å². The fourth-order valence-corrected chi connectivity index (χ4v) is 4.28. The Bertz CT molecular complexity index is 960. The second kappa shape index (κ2) is 8.72. The first-order chi connectivity index (χ1) is 13.4. The van der Waals surface area contributed by atoms with E-state index in [0.29, 0.717) is 31.9 Å². The van der Waals surface area contributed by atoms with E-state index in [-0.39, 0.29) is 11.4 Å². The molecule has 1 heterocycles. The van der Waals surface area contributed by atoms with Crippen molar-refractivity contribution < 1.29 is 17.9 Å². The summed E-state index contributed by atoms with van der Waals surface area (Å²) in [6.07, 6.45) is 1.51. The number of anilines is 1. The number of nitrogens with one attached hydrogen (secondary N) is 1. The average Bonchev–Trinajstić information content (AvgIpc) is 3.11. The van der Waals surface area contributed by atoms with Crippen molar-refractivity contribution in [2.45, 2.75) is 37.8 Å². The van der Waals surface area contributed by atoms with Gasteiger partial charge < -0.3 is 10.5 Å². The van der Waals surface area contributed by atoms with Crippen molar-refractivity contribution in [2.24, 2.45) is 5.73 Å². The fourth-order valence-electron chi connectivity index (χ4n) is 3.23. The summed E-state index contributed by atoms with van der Waals surface area (Å²) < 4.78 is 33.7. The van der Waals surface area contributed by atoms with Gasteiger partial charge in [-0.25, -0.2) is 17.9 Å². The van der Waals surface area contributed by atoms with Gasteiger partial charge in [-0.1, -0.05) is 31.2 Å². The molecule has 2 aromatic carbocycles. The highest BCUT2D eigenvalue weighted by molar-refractivity contribution is 7.89. The number of carbonyl (C=O) groups excluding carboxylic acids is 1. The number of amides is 2. The number of hydrogen-bond donors (Lipinski definition) is 2. The zero-order valence-corrected chi connectivity index (χ0v) is 16.7. The first-order valence-corrected chi connectivity index (χ1v) is 10.7. The lowest BCUT2D eigenvalue weighted by Gasteiger charge is -2.15. The number of ether oxygens (including phenoxy) is 1. The third kappa shape index (κ3) is 4.52. The van der Waals surface area contributed by atoms with Gasteiger partial charge in [0.2, 0.25) is 10.0 Å². The number of nitrogens with two attached hydrogens (primary N) is 1. The number of fused-ring (bicyclic) bond motifs is 1. The van der Waals surface area contributed by atoms with Gasteiger partial charge in [-0.3, -0.25) is 4.90 Å². The maximum atomic E-state index is 12.7. The molecule has 3 rings (SSSR count). The molecule has 0 saturated carbocycles. The summed E-state index contributed by atoms with van der Waals surface area (Å²) in [6.45, 7) is 3.80. The number of primary amides is 1. The molecule has 0 fully saturated rings. The highest BCUT2D eigenvalue weighted by Crippen LogP contribution is 2.30. The van der Waals surface area contributed by atoms with Crippen LogP contribution in [-0.4, -0.2) is 27.6 Å². The molecule has 1 aliphatic rings. The Morgan fingerprint density at radius 2 is 1.96 bits per heavy atom. The van der Waals surface area contributed by atoms with Gasteiger partial charge in [-0.15, -0.1) is 0 Å². The number of hydrogen-bond acceptors (Lipinski definition) is 4. The lowest BCUT2D eigenvalue weighted by Crippen LogP contribution is -2.33. The molecule has 150 valence electrons. The summed E-state index contributed by atoms with van der Waals surface area (Å²) >= 11 is 0. The molecular weight excluding hydrogens is 378 g/mol. The van der Waals surface area contributed by atoms with Crippen molar-refractivity contribution in [3.05, 3.63) is 59.2 Å². The minimum atomic E-state index is -3.69. The average molecular weight is 404 g/mol. The van der Waals surface area contributed by atoms with Crippen LogP contribution in [0.1, 0.15) is 30.0 Å². The first kappa shape index (κ1) is 20.3. The molecule has 0 unspecified atom stereocenters. The maximum absolute atomic E-state index is 12.7. The molecule has 7 nitrogen and oxygen atoms in total. The van der Waals surface area contributed by atoms with Gasteiger partial charge in [0, 0.05) is 25.4 Å². The van der Waals surface area contributed by atoms with Gasteiger partial charge in [0.1, 0.15) is 0 Å². The molecule has 0 saturated heterocycles. The van der Waals surface area contributed by atoms with Crippen LogP contribution in [0.25, 0.3) is 0 Å². The Labute approximate surface area is 165 Å². The van der Waals surface area contributed by atoms with Gasteiger partial charge in [0.25, 0.3) is 0 Å². The molecule has 8 heteroatoms. The maximum Gasteiger partial charge on any atom is 0.319 e. The van der Waals surface area contributed by atoms with Crippen LogP contribution in [-0.2, 0) is 34.3 Å². The van der Waals surface area contributed by atoms with Crippen LogP contribution in [0.2, 0.25) is 0 Å². The van der Waals surface area contributed by atoms with E-state index < -0.39 is 16.1 Å². The number of nitrogens with zero attached hydrogens (tertiary/aromatic N) is 1. The van der Waals surface area contributed by atoms with Crippen molar-refractivity contribution in [2.75, 3.05) is 18.1 Å². The van der Waals surface area contributed by atoms with Crippen molar-refractivity contribution in [1.82, 2.24) is 4.72 Å². The van der Waals surface area contributed by atoms with Crippen molar-refractivity contribution in [3.8, 4) is 0 Å². The van der Waals surface area contributed by atoms with Crippen LogP contribution in [0.5, 0.6) is 0 Å². The summed E-state index contributed by atoms with van der Waals surface area (Å²) in [5.41, 5.74) is 8.67. The van der Waals surface area contributed by atoms with Crippen LogP contribution < -0.4 is 15.4 Å². The number of urea groups is 1. The number of benzene rings is 2. The van der Waals surface area contributed by atoms with E-state index in [4.69, 9.17) is 10.5 Å². The van der Waals surface area contributed by atoms with Crippen molar-refractivity contribution >= 4 is 21.7 Å². The molecule has 0 atom stereocenters. The predicted octanol–water partition coefficient (Wildman–Crippen LogP) is 2.53. The van der Waals surface area contributed by atoms with Gasteiger partial charge in [0.05, 0.1) is 11.5 Å². The highest BCUT2D eigenvalue weighted by atomic mass is 32.2. The Morgan fingerprint density at radius 3 is 2.68 bits per heavy atom. The molecule has 0 aliphatic carbocycles. The molecule has 28 heavy (non-hydrogen) atoms. The zero-order chi connectivity index (χ0) is 20.1. The van der Waals surface area contributed by atoms with Crippen LogP contribution >= 0.6 is 0 Å². The number of rotatable bonds is 8. The molecule has 2 aromatic rings. The van der Waals surface area contributed by atoms with Crippen LogP contribution in [0, 0.1) is 0 Å². The second-order valence-corrected chi connectivity index (χ2v) is 8.44. The topological polar surface area (TPSA) is 102 Å². The Hall–Kier alpha value is -2.42. The van der Waals surface area contributed by atoms with Gasteiger partial charge in [0.15, 0.2) is 0 Å². The van der Waals surface area contributed by atoms with Crippen LogP contribution in [0.15, 0.2) is 47.4 Å². The Morgan fingerprint density at radius 1 is 1.21 bits per heavy atom. The van der Waals surface area contributed by atoms with E-state index in [2.05, 4.69) is 4.72 Å². The summed E-state index contributed by atoms with van der Waals surface area (Å²) in [6, 6.07) is 11.8. The van der Waals surface area contributed by atoms with Crippen LogP contribution in [0.3, 0.4) is 0 Å². The smallest absolute Gasteiger partial charge is 0.319 e. The molecule has 0 bridgehead atoms. The molecular formula is C20H25N3O4S. The van der Waals surface area contributed by atoms with Gasteiger partial charge in [-0.05, 0) is 47.7 Å². The van der Waals surface area contributed by atoms with E-state index in [1.54, 1.807) is 12.1 Å². The van der Waals surface area contributed by atoms with E-state index >= 15 is 0 Å². The summed E-state index contributed by atoms with van der Waals surface area (Å²) in [7, 11) is -3.69. The van der Waals surface area contributed by atoms with Crippen molar-refractivity contribution in [3.63, 3.8) is 0 Å². The summed E-state index contributed by atoms with van der Waals surface area (Å²) in [4.78, 5) is 13.1. The highest BCUT2D eigenvalue weighted by Gasteiger charge is 2.25. The van der Waals surface area contributed by atoms with E-state index in [1.165, 1.54) is 11.0 Å². The summed E-state index contributed by atoms with van der Waals surface area (Å²) in [5.74, 6) is 0. The van der Waals surface area contributed by atoms with E-state index in [9.17, 15) is 13.2 Å². The minimum absolute atomic E-state index is 0.178. The van der Waals surface area contributed by atoms with E-state index in [1.807, 2.05) is 31.2 Å². The Kier molecular flexibility index (Phi) is 6.33. The fraction of sp³-hybridized carbons (Fsp3) is 0.350. The largest absolute Gasteiger partial charge is 0.377 e. The lowest BCUT2D eigenvalue weighted by atomic mass is 10.1. The third-order valence-electron chi connectivity index (χ3n) is 4.70. The zero-order valence-electron chi connectivity index (χ0n) is 15.8. The molecule has 0 aromatic heterocycles. The lowest BCUT2D eigenvalue weighted by molar-refractivity contribution is 0.121. The van der Waals surface area contributed by atoms with Crippen LogP contribution in [0.4, 0.5) is 10.5 Å². The number of carbonyl (C=O) groups is 1. The normalized spacial score (nSPS) is 13.5. The first-order valence-electron chi connectivity index (χ1n) is 9.26. The molecule has 0 spiro atoms. The quantitative estimate of drug-likeness (QED) is 0.661. The molecule has 2 amide bonds. The SMILES string of the molecule is CCCOCc1ccccc1CNS(=O)(=O)c1ccc2c(c1)CCN2C(N)=O. The molecule has 0 radical (unpaired) electrons. The standard InChI is InChI=1S/C20H25N3O4S/c1-2-11-27-14-17-6-4-3-5-16(17)13-22-28(25,26)18-7-8-19-15(12-18)9-10-23(19)20(21)24/h3-8,12,22H,2,9-11,13-14H2,1H3,(H2,21,24). The predicted molar refractivity (Wildman–Crippen MR) is 107 cm³/mol. The van der Waals surface area contributed by atoms with Gasteiger partial charge >= 0.3 is 6.03 Å². The minimum Gasteiger partial charge on any atom is -0.377 e. The second-order valence-electron chi connectivity index (χ2n) is 6.68. The third-order valence-corrected chi connectivity index (χ3v) is 6.10.